The van der Waals surface area contributed by atoms with E-state index in [4.69, 9.17) is 4.74 Å². The first-order chi connectivity index (χ1) is 10.8. The first-order valence-electron chi connectivity index (χ1n) is 7.28. The third-order valence-corrected chi connectivity index (χ3v) is 3.32. The molecule has 0 unspecified atom stereocenters. The molecule has 0 aliphatic carbocycles. The van der Waals surface area contributed by atoms with Crippen LogP contribution in [0, 0.1) is 5.82 Å². The van der Waals surface area contributed by atoms with E-state index in [9.17, 15) is 4.39 Å². The van der Waals surface area contributed by atoms with Gasteiger partial charge in [0.1, 0.15) is 11.6 Å². The molecule has 3 nitrogen and oxygen atoms in total. The average Bonchev–Trinajstić information content (AvgIpc) is 3.03. The lowest BCUT2D eigenvalue weighted by atomic mass is 10.2. The fraction of sp³-hybridized carbons (Fsp3) is 0.167. The molecule has 3 aromatic rings. The van der Waals surface area contributed by atoms with Crippen molar-refractivity contribution >= 4 is 0 Å². The number of nitrogens with zero attached hydrogens (tertiary/aromatic N) is 2. The van der Waals surface area contributed by atoms with Crippen molar-refractivity contribution < 1.29 is 9.13 Å². The minimum Gasteiger partial charge on any atom is -0.494 e. The second-order valence-corrected chi connectivity index (χ2v) is 4.99. The molecular weight excluding hydrogens is 279 g/mol. The molecule has 0 bridgehead atoms. The van der Waals surface area contributed by atoms with Crippen LogP contribution in [0.3, 0.4) is 0 Å². The van der Waals surface area contributed by atoms with Crippen molar-refractivity contribution in [1.29, 1.82) is 0 Å². The van der Waals surface area contributed by atoms with Crippen molar-refractivity contribution in [3.8, 4) is 17.0 Å². The van der Waals surface area contributed by atoms with Gasteiger partial charge in [-0.25, -0.2) is 4.39 Å². The van der Waals surface area contributed by atoms with Gasteiger partial charge < -0.3 is 4.74 Å². The van der Waals surface area contributed by atoms with Crippen molar-refractivity contribution in [2.45, 2.75) is 13.0 Å². The summed E-state index contributed by atoms with van der Waals surface area (Å²) in [5, 5.41) is 4.55. The Balaban J connectivity index is 1.48. The van der Waals surface area contributed by atoms with Gasteiger partial charge in [0.2, 0.25) is 0 Å². The number of ether oxygens (including phenoxy) is 1. The molecule has 0 atom stereocenters. The van der Waals surface area contributed by atoms with E-state index in [1.807, 2.05) is 47.3 Å². The molecule has 1 heterocycles. The van der Waals surface area contributed by atoms with Crippen LogP contribution < -0.4 is 4.74 Å². The van der Waals surface area contributed by atoms with Crippen LogP contribution in [0.4, 0.5) is 4.39 Å². The quantitative estimate of drug-likeness (QED) is 0.639. The van der Waals surface area contributed by atoms with Gasteiger partial charge in [0.15, 0.2) is 0 Å². The second kappa shape index (κ2) is 6.89. The predicted octanol–water partition coefficient (Wildman–Crippen LogP) is 4.16. The van der Waals surface area contributed by atoms with Crippen LogP contribution in [0.25, 0.3) is 11.3 Å². The Morgan fingerprint density at radius 3 is 2.50 bits per heavy atom. The van der Waals surface area contributed by atoms with Crippen LogP contribution in [0.2, 0.25) is 0 Å². The molecule has 3 rings (SSSR count). The summed E-state index contributed by atoms with van der Waals surface area (Å²) in [6, 6.07) is 18.2. The van der Waals surface area contributed by atoms with E-state index in [2.05, 4.69) is 5.10 Å². The van der Waals surface area contributed by atoms with Crippen LogP contribution in [-0.4, -0.2) is 16.4 Å². The Hall–Kier alpha value is -2.62. The van der Waals surface area contributed by atoms with Crippen molar-refractivity contribution in [2.75, 3.05) is 6.61 Å². The fourth-order valence-corrected chi connectivity index (χ4v) is 2.20. The van der Waals surface area contributed by atoms with Gasteiger partial charge in [0, 0.05) is 24.7 Å². The van der Waals surface area contributed by atoms with Gasteiger partial charge >= 0.3 is 0 Å². The summed E-state index contributed by atoms with van der Waals surface area (Å²) in [4.78, 5) is 0. The molecule has 0 saturated carbocycles. The molecule has 0 saturated heterocycles. The number of hydrogen-bond acceptors (Lipinski definition) is 2. The lowest BCUT2D eigenvalue weighted by molar-refractivity contribution is 0.298. The molecule has 0 radical (unpaired) electrons. The number of aryl methyl sites for hydroxylation is 1. The molecule has 0 fully saturated rings. The Bertz CT molecular complexity index is 707. The van der Waals surface area contributed by atoms with Gasteiger partial charge in [-0.3, -0.25) is 4.68 Å². The highest BCUT2D eigenvalue weighted by atomic mass is 19.1. The number of hydrogen-bond donors (Lipinski definition) is 0. The Labute approximate surface area is 129 Å². The fourth-order valence-electron chi connectivity index (χ4n) is 2.20. The second-order valence-electron chi connectivity index (χ2n) is 4.99. The highest BCUT2D eigenvalue weighted by Gasteiger charge is 2.01. The van der Waals surface area contributed by atoms with Crippen molar-refractivity contribution in [1.82, 2.24) is 9.78 Å². The van der Waals surface area contributed by atoms with Crippen molar-refractivity contribution in [2.24, 2.45) is 0 Å². The summed E-state index contributed by atoms with van der Waals surface area (Å²) in [5.41, 5.74) is 2.09. The average molecular weight is 296 g/mol. The van der Waals surface area contributed by atoms with E-state index < -0.39 is 0 Å². The molecule has 112 valence electrons. The van der Waals surface area contributed by atoms with Crippen LogP contribution in [-0.2, 0) is 6.54 Å². The summed E-state index contributed by atoms with van der Waals surface area (Å²) in [5.74, 6) is 0.434. The zero-order valence-electron chi connectivity index (χ0n) is 12.2. The lowest BCUT2D eigenvalue weighted by Crippen LogP contribution is -2.05. The van der Waals surface area contributed by atoms with E-state index in [0.29, 0.717) is 12.4 Å². The zero-order chi connectivity index (χ0) is 15.2. The highest BCUT2D eigenvalue weighted by molar-refractivity contribution is 5.57. The molecule has 0 spiro atoms. The number of benzene rings is 2. The number of rotatable bonds is 6. The van der Waals surface area contributed by atoms with Gasteiger partial charge in [-0.1, -0.05) is 30.3 Å². The summed E-state index contributed by atoms with van der Waals surface area (Å²) < 4.78 is 20.3. The monoisotopic (exact) mass is 296 g/mol. The zero-order valence-corrected chi connectivity index (χ0v) is 12.2. The molecule has 4 heteroatoms. The van der Waals surface area contributed by atoms with E-state index in [0.717, 1.165) is 24.2 Å². The minimum absolute atomic E-state index is 0.252. The molecule has 0 aliphatic rings. The van der Waals surface area contributed by atoms with E-state index in [-0.39, 0.29) is 5.82 Å². The summed E-state index contributed by atoms with van der Waals surface area (Å²) in [6.07, 6.45) is 2.81. The summed E-state index contributed by atoms with van der Waals surface area (Å²) >= 11 is 0. The third-order valence-electron chi connectivity index (χ3n) is 3.32. The third kappa shape index (κ3) is 3.73. The van der Waals surface area contributed by atoms with Gasteiger partial charge in [-0.15, -0.1) is 0 Å². The smallest absolute Gasteiger partial charge is 0.123 e. The maximum absolute atomic E-state index is 12.8. The molecule has 0 N–H and O–H groups in total. The largest absolute Gasteiger partial charge is 0.494 e. The lowest BCUT2D eigenvalue weighted by Gasteiger charge is -2.06. The first-order valence-corrected chi connectivity index (χ1v) is 7.28. The van der Waals surface area contributed by atoms with Gasteiger partial charge in [0.25, 0.3) is 0 Å². The standard InChI is InChI=1S/C18H17FN2O/c19-16-7-9-17(10-8-16)22-14-4-12-21-13-11-18(20-21)15-5-2-1-3-6-15/h1-3,5-11,13H,4,12,14H2. The Morgan fingerprint density at radius 1 is 0.955 bits per heavy atom. The van der Waals surface area contributed by atoms with Gasteiger partial charge in [0.05, 0.1) is 12.3 Å². The molecule has 2 aromatic carbocycles. The van der Waals surface area contributed by atoms with Crippen molar-refractivity contribution in [3.05, 3.63) is 72.7 Å². The molecular formula is C18H17FN2O. The van der Waals surface area contributed by atoms with Crippen molar-refractivity contribution in [3.63, 3.8) is 0 Å². The first kappa shape index (κ1) is 14.3. The topological polar surface area (TPSA) is 27.1 Å². The Kier molecular flexibility index (Phi) is 4.49. The predicted molar refractivity (Wildman–Crippen MR) is 84.2 cm³/mol. The normalized spacial score (nSPS) is 10.6. The number of halogens is 1. The summed E-state index contributed by atoms with van der Waals surface area (Å²) in [6.45, 7) is 1.36. The maximum atomic E-state index is 12.8. The van der Waals surface area contributed by atoms with Gasteiger partial charge in [-0.05, 0) is 30.3 Å². The van der Waals surface area contributed by atoms with Crippen LogP contribution >= 0.6 is 0 Å². The van der Waals surface area contributed by atoms with Crippen LogP contribution in [0.15, 0.2) is 66.9 Å². The van der Waals surface area contributed by atoms with Crippen LogP contribution in [0.1, 0.15) is 6.42 Å². The highest BCUT2D eigenvalue weighted by Crippen LogP contribution is 2.16. The molecule has 1 aromatic heterocycles. The summed E-state index contributed by atoms with van der Waals surface area (Å²) in [7, 11) is 0. The molecule has 0 aliphatic heterocycles. The van der Waals surface area contributed by atoms with E-state index in [1.165, 1.54) is 12.1 Å². The SMILES string of the molecule is Fc1ccc(OCCCn2ccc(-c3ccccc3)n2)cc1. The van der Waals surface area contributed by atoms with E-state index in [1.54, 1.807) is 12.1 Å². The van der Waals surface area contributed by atoms with E-state index >= 15 is 0 Å². The molecule has 0 amide bonds. The number of aromatic nitrogens is 2. The minimum atomic E-state index is -0.252. The maximum Gasteiger partial charge on any atom is 0.123 e. The Morgan fingerprint density at radius 2 is 1.73 bits per heavy atom. The van der Waals surface area contributed by atoms with Crippen LogP contribution in [0.5, 0.6) is 5.75 Å². The van der Waals surface area contributed by atoms with Gasteiger partial charge in [-0.2, -0.15) is 5.10 Å². The molecule has 22 heavy (non-hydrogen) atoms.